The van der Waals surface area contributed by atoms with Gasteiger partial charge in [0.15, 0.2) is 11.5 Å². The van der Waals surface area contributed by atoms with E-state index >= 15 is 0 Å². The molecule has 0 aliphatic heterocycles. The lowest BCUT2D eigenvalue weighted by atomic mass is 10.1. The number of anilines is 1. The van der Waals surface area contributed by atoms with Gasteiger partial charge >= 0.3 is 0 Å². The number of halogens is 1. The van der Waals surface area contributed by atoms with Gasteiger partial charge in [-0.3, -0.25) is 4.79 Å². The number of ether oxygens (including phenoxy) is 2. The van der Waals surface area contributed by atoms with E-state index in [1.54, 1.807) is 43.3 Å². The summed E-state index contributed by atoms with van der Waals surface area (Å²) in [5, 5.41) is 12.7. The number of benzene rings is 2. The maximum Gasteiger partial charge on any atom is 0.266 e. The van der Waals surface area contributed by atoms with Crippen LogP contribution in [0.4, 0.5) is 5.69 Å². The van der Waals surface area contributed by atoms with Crippen LogP contribution in [-0.2, 0) is 4.79 Å². The van der Waals surface area contributed by atoms with Crippen molar-refractivity contribution >= 4 is 29.3 Å². The standard InChI is InChI=1S/C21H21ClN2O3/c1-13(2)27-20-15(7-5-10-19(20)26-4)11-16(12-23)21(25)24-18-9-6-8-17(22)14(18)3/h5-11,13H,1-4H3,(H,24,25)/b16-11+. The Morgan fingerprint density at radius 3 is 2.59 bits per heavy atom. The van der Waals surface area contributed by atoms with Gasteiger partial charge in [-0.05, 0) is 50.6 Å². The van der Waals surface area contributed by atoms with E-state index in [-0.39, 0.29) is 11.7 Å². The number of nitrogens with zero attached hydrogens (tertiary/aromatic N) is 1. The molecule has 2 aromatic rings. The summed E-state index contributed by atoms with van der Waals surface area (Å²) in [5.74, 6) is 0.483. The lowest BCUT2D eigenvalue weighted by Gasteiger charge is -2.16. The minimum absolute atomic E-state index is 0.0590. The van der Waals surface area contributed by atoms with E-state index in [4.69, 9.17) is 21.1 Å². The van der Waals surface area contributed by atoms with E-state index in [2.05, 4.69) is 5.32 Å². The molecule has 0 bridgehead atoms. The first-order valence-corrected chi connectivity index (χ1v) is 8.77. The maximum absolute atomic E-state index is 12.6. The summed E-state index contributed by atoms with van der Waals surface area (Å²) in [6, 6.07) is 12.4. The van der Waals surface area contributed by atoms with Crippen molar-refractivity contribution in [1.82, 2.24) is 0 Å². The third kappa shape index (κ3) is 5.02. The van der Waals surface area contributed by atoms with E-state index < -0.39 is 5.91 Å². The van der Waals surface area contributed by atoms with Crippen LogP contribution >= 0.6 is 11.6 Å². The zero-order chi connectivity index (χ0) is 20.0. The Bertz CT molecular complexity index is 914. The summed E-state index contributed by atoms with van der Waals surface area (Å²) in [5.41, 5.74) is 1.81. The highest BCUT2D eigenvalue weighted by Crippen LogP contribution is 2.33. The van der Waals surface area contributed by atoms with Crippen LogP contribution < -0.4 is 14.8 Å². The number of carbonyl (C=O) groups excluding carboxylic acids is 1. The monoisotopic (exact) mass is 384 g/mol. The summed E-state index contributed by atoms with van der Waals surface area (Å²) in [6.07, 6.45) is 1.39. The zero-order valence-electron chi connectivity index (χ0n) is 15.7. The average molecular weight is 385 g/mol. The van der Waals surface area contributed by atoms with Crippen molar-refractivity contribution in [3.63, 3.8) is 0 Å². The molecule has 0 radical (unpaired) electrons. The molecule has 1 amide bonds. The predicted octanol–water partition coefficient (Wildman–Crippen LogP) is 4.99. The predicted molar refractivity (Wildman–Crippen MR) is 107 cm³/mol. The molecule has 6 heteroatoms. The van der Waals surface area contributed by atoms with Gasteiger partial charge in [0.1, 0.15) is 11.6 Å². The molecule has 1 N–H and O–H groups in total. The quantitative estimate of drug-likeness (QED) is 0.562. The molecule has 0 spiro atoms. The topological polar surface area (TPSA) is 71.3 Å². The van der Waals surface area contributed by atoms with Crippen molar-refractivity contribution in [2.24, 2.45) is 0 Å². The smallest absolute Gasteiger partial charge is 0.266 e. The number of nitrogens with one attached hydrogen (secondary N) is 1. The average Bonchev–Trinajstić information content (AvgIpc) is 2.63. The molecule has 0 saturated carbocycles. The molecule has 2 rings (SSSR count). The number of nitriles is 1. The Kier molecular flexibility index (Phi) is 6.86. The summed E-state index contributed by atoms with van der Waals surface area (Å²) >= 11 is 6.08. The van der Waals surface area contributed by atoms with Gasteiger partial charge in [-0.15, -0.1) is 0 Å². The van der Waals surface area contributed by atoms with Crippen molar-refractivity contribution in [2.45, 2.75) is 26.9 Å². The minimum Gasteiger partial charge on any atom is -0.493 e. The van der Waals surface area contributed by atoms with E-state index in [0.717, 1.165) is 5.56 Å². The molecule has 2 aromatic carbocycles. The molecule has 140 valence electrons. The van der Waals surface area contributed by atoms with Crippen LogP contribution in [0.5, 0.6) is 11.5 Å². The molecule has 0 atom stereocenters. The highest BCUT2D eigenvalue weighted by atomic mass is 35.5. The van der Waals surface area contributed by atoms with Crippen LogP contribution in [-0.4, -0.2) is 19.1 Å². The molecular formula is C21H21ClN2O3. The SMILES string of the molecule is COc1cccc(/C=C(\C#N)C(=O)Nc2cccc(Cl)c2C)c1OC(C)C. The van der Waals surface area contributed by atoms with Crippen molar-refractivity contribution in [2.75, 3.05) is 12.4 Å². The van der Waals surface area contributed by atoms with Crippen molar-refractivity contribution < 1.29 is 14.3 Å². The molecule has 0 unspecified atom stereocenters. The number of para-hydroxylation sites is 1. The van der Waals surface area contributed by atoms with Gasteiger partial charge in [0.05, 0.1) is 13.2 Å². The van der Waals surface area contributed by atoms with Crippen LogP contribution in [0.2, 0.25) is 5.02 Å². The molecule has 0 heterocycles. The third-order valence-electron chi connectivity index (χ3n) is 3.76. The highest BCUT2D eigenvalue weighted by molar-refractivity contribution is 6.31. The Hall–Kier alpha value is -2.97. The van der Waals surface area contributed by atoms with E-state index in [9.17, 15) is 10.1 Å². The van der Waals surface area contributed by atoms with Gasteiger partial charge in [-0.25, -0.2) is 0 Å². The summed E-state index contributed by atoms with van der Waals surface area (Å²) in [4.78, 5) is 12.6. The van der Waals surface area contributed by atoms with Gasteiger partial charge in [-0.2, -0.15) is 5.26 Å². The minimum atomic E-state index is -0.527. The largest absolute Gasteiger partial charge is 0.493 e. The molecule has 0 saturated heterocycles. The fourth-order valence-corrected chi connectivity index (χ4v) is 2.58. The summed E-state index contributed by atoms with van der Waals surface area (Å²) in [6.45, 7) is 5.57. The summed E-state index contributed by atoms with van der Waals surface area (Å²) in [7, 11) is 1.54. The molecule has 0 fully saturated rings. The molecule has 5 nitrogen and oxygen atoms in total. The van der Waals surface area contributed by atoms with Crippen molar-refractivity contribution in [1.29, 1.82) is 5.26 Å². The fraction of sp³-hybridized carbons (Fsp3) is 0.238. The first-order valence-electron chi connectivity index (χ1n) is 8.39. The first kappa shape index (κ1) is 20.3. The number of carbonyl (C=O) groups is 1. The highest BCUT2D eigenvalue weighted by Gasteiger charge is 2.16. The van der Waals surface area contributed by atoms with E-state index in [0.29, 0.717) is 27.8 Å². The van der Waals surface area contributed by atoms with E-state index in [1.165, 1.54) is 13.2 Å². The molecule has 0 aliphatic carbocycles. The van der Waals surface area contributed by atoms with Crippen molar-refractivity contribution in [3.8, 4) is 17.6 Å². The normalized spacial score (nSPS) is 11.1. The fourth-order valence-electron chi connectivity index (χ4n) is 2.41. The third-order valence-corrected chi connectivity index (χ3v) is 4.17. The Balaban J connectivity index is 2.39. The van der Waals surface area contributed by atoms with Crippen LogP contribution in [0.1, 0.15) is 25.0 Å². The van der Waals surface area contributed by atoms with Crippen LogP contribution in [0.25, 0.3) is 6.08 Å². The van der Waals surface area contributed by atoms with E-state index in [1.807, 2.05) is 19.9 Å². The lowest BCUT2D eigenvalue weighted by molar-refractivity contribution is -0.112. The number of hydrogen-bond donors (Lipinski definition) is 1. The second-order valence-corrected chi connectivity index (χ2v) is 6.49. The maximum atomic E-state index is 12.6. The van der Waals surface area contributed by atoms with Crippen LogP contribution in [0.3, 0.4) is 0 Å². The Morgan fingerprint density at radius 1 is 1.26 bits per heavy atom. The van der Waals surface area contributed by atoms with Gasteiger partial charge in [0, 0.05) is 16.3 Å². The van der Waals surface area contributed by atoms with Crippen molar-refractivity contribution in [3.05, 3.63) is 58.1 Å². The van der Waals surface area contributed by atoms with Gasteiger partial charge in [0.25, 0.3) is 5.91 Å². The second kappa shape index (κ2) is 9.11. The number of amides is 1. The van der Waals surface area contributed by atoms with Gasteiger partial charge < -0.3 is 14.8 Å². The number of rotatable bonds is 6. The Morgan fingerprint density at radius 2 is 1.96 bits per heavy atom. The molecule has 0 aliphatic rings. The van der Waals surface area contributed by atoms with Crippen LogP contribution in [0.15, 0.2) is 42.0 Å². The Labute approximate surface area is 164 Å². The van der Waals surface area contributed by atoms with Crippen LogP contribution in [0, 0.1) is 18.3 Å². The summed E-state index contributed by atoms with van der Waals surface area (Å²) < 4.78 is 11.2. The second-order valence-electron chi connectivity index (χ2n) is 6.08. The number of hydrogen-bond acceptors (Lipinski definition) is 4. The zero-order valence-corrected chi connectivity index (χ0v) is 16.4. The lowest BCUT2D eigenvalue weighted by Crippen LogP contribution is -2.14. The van der Waals surface area contributed by atoms with Gasteiger partial charge in [-0.1, -0.05) is 29.8 Å². The number of methoxy groups -OCH3 is 1. The first-order chi connectivity index (χ1) is 12.9. The van der Waals surface area contributed by atoms with Gasteiger partial charge in [0.2, 0.25) is 0 Å². The molecular weight excluding hydrogens is 364 g/mol. The molecule has 27 heavy (non-hydrogen) atoms. The molecule has 0 aromatic heterocycles.